The highest BCUT2D eigenvalue weighted by atomic mass is 32.1. The van der Waals surface area contributed by atoms with Crippen molar-refractivity contribution in [3.8, 4) is 0 Å². The average molecular weight is 350 g/mol. The van der Waals surface area contributed by atoms with Crippen molar-refractivity contribution in [2.24, 2.45) is 11.3 Å². The number of piperidine rings is 1. The SMILES string of the molecule is CC(C)C(=O)Nc1nc(CC(=O)N2CCC3(CCNC3)CC2)cs1. The second-order valence-corrected chi connectivity index (χ2v) is 8.13. The van der Waals surface area contributed by atoms with Crippen molar-refractivity contribution in [2.45, 2.75) is 39.5 Å². The molecule has 132 valence electrons. The maximum Gasteiger partial charge on any atom is 0.228 e. The van der Waals surface area contributed by atoms with Gasteiger partial charge >= 0.3 is 0 Å². The van der Waals surface area contributed by atoms with Crippen molar-refractivity contribution in [1.82, 2.24) is 15.2 Å². The van der Waals surface area contributed by atoms with Gasteiger partial charge in [0.2, 0.25) is 11.8 Å². The number of rotatable bonds is 4. The molecule has 1 spiro atoms. The van der Waals surface area contributed by atoms with Crippen molar-refractivity contribution >= 4 is 28.3 Å². The molecule has 7 heteroatoms. The summed E-state index contributed by atoms with van der Waals surface area (Å²) in [5.41, 5.74) is 1.16. The molecular weight excluding hydrogens is 324 g/mol. The number of hydrogen-bond acceptors (Lipinski definition) is 5. The van der Waals surface area contributed by atoms with Gasteiger partial charge in [-0.2, -0.15) is 0 Å². The number of thiazole rings is 1. The van der Waals surface area contributed by atoms with E-state index >= 15 is 0 Å². The predicted octanol–water partition coefficient (Wildman–Crippen LogP) is 1.88. The lowest BCUT2D eigenvalue weighted by Crippen LogP contribution is -2.44. The van der Waals surface area contributed by atoms with Crippen LogP contribution in [-0.2, 0) is 16.0 Å². The summed E-state index contributed by atoms with van der Waals surface area (Å²) in [6.45, 7) is 7.59. The highest BCUT2D eigenvalue weighted by molar-refractivity contribution is 7.13. The number of amides is 2. The Labute approximate surface area is 147 Å². The number of aromatic nitrogens is 1. The highest BCUT2D eigenvalue weighted by Crippen LogP contribution is 2.37. The van der Waals surface area contributed by atoms with Gasteiger partial charge in [0, 0.05) is 30.9 Å². The zero-order valence-corrected chi connectivity index (χ0v) is 15.2. The second-order valence-electron chi connectivity index (χ2n) is 7.27. The van der Waals surface area contributed by atoms with Crippen LogP contribution in [0.1, 0.15) is 38.8 Å². The van der Waals surface area contributed by atoms with Crippen LogP contribution in [0.15, 0.2) is 5.38 Å². The van der Waals surface area contributed by atoms with E-state index in [2.05, 4.69) is 15.6 Å². The fraction of sp³-hybridized carbons (Fsp3) is 0.706. The smallest absolute Gasteiger partial charge is 0.228 e. The van der Waals surface area contributed by atoms with Gasteiger partial charge in [-0.1, -0.05) is 13.8 Å². The molecule has 0 aliphatic carbocycles. The van der Waals surface area contributed by atoms with Crippen LogP contribution in [0.2, 0.25) is 0 Å². The van der Waals surface area contributed by atoms with Crippen molar-refractivity contribution in [2.75, 3.05) is 31.5 Å². The Bertz CT molecular complexity index is 597. The van der Waals surface area contributed by atoms with E-state index in [1.165, 1.54) is 17.8 Å². The summed E-state index contributed by atoms with van der Waals surface area (Å²) in [5, 5.41) is 8.67. The summed E-state index contributed by atoms with van der Waals surface area (Å²) in [7, 11) is 0. The van der Waals surface area contributed by atoms with Crippen molar-refractivity contribution < 1.29 is 9.59 Å². The average Bonchev–Trinajstić information content (AvgIpc) is 3.18. The minimum Gasteiger partial charge on any atom is -0.342 e. The Morgan fingerprint density at radius 1 is 1.38 bits per heavy atom. The fourth-order valence-electron chi connectivity index (χ4n) is 3.41. The number of anilines is 1. The molecule has 0 unspecified atom stereocenters. The lowest BCUT2D eigenvalue weighted by atomic mass is 9.78. The molecule has 0 radical (unpaired) electrons. The van der Waals surface area contributed by atoms with E-state index in [1.54, 1.807) is 0 Å². The zero-order chi connectivity index (χ0) is 17.2. The van der Waals surface area contributed by atoms with Gasteiger partial charge in [0.25, 0.3) is 0 Å². The zero-order valence-electron chi connectivity index (χ0n) is 14.4. The molecule has 0 saturated carbocycles. The van der Waals surface area contributed by atoms with Crippen LogP contribution in [0.5, 0.6) is 0 Å². The van der Waals surface area contributed by atoms with Crippen LogP contribution in [0.25, 0.3) is 0 Å². The maximum atomic E-state index is 12.5. The number of carbonyl (C=O) groups is 2. The molecule has 6 nitrogen and oxygen atoms in total. The van der Waals surface area contributed by atoms with Crippen LogP contribution in [-0.4, -0.2) is 47.9 Å². The molecule has 2 aliphatic heterocycles. The molecule has 2 amide bonds. The maximum absolute atomic E-state index is 12.5. The molecule has 2 N–H and O–H groups in total. The first-order valence-electron chi connectivity index (χ1n) is 8.71. The molecular formula is C17H26N4O2S. The van der Waals surface area contributed by atoms with E-state index < -0.39 is 0 Å². The third-order valence-electron chi connectivity index (χ3n) is 5.15. The lowest BCUT2D eigenvalue weighted by molar-refractivity contribution is -0.132. The first-order valence-corrected chi connectivity index (χ1v) is 9.59. The Balaban J connectivity index is 1.50. The molecule has 2 saturated heterocycles. The molecule has 2 fully saturated rings. The summed E-state index contributed by atoms with van der Waals surface area (Å²) < 4.78 is 0. The van der Waals surface area contributed by atoms with E-state index in [0.29, 0.717) is 17.0 Å². The molecule has 1 aromatic heterocycles. The summed E-state index contributed by atoms with van der Waals surface area (Å²) in [6.07, 6.45) is 3.75. The molecule has 0 atom stereocenters. The van der Waals surface area contributed by atoms with E-state index in [9.17, 15) is 9.59 Å². The Hall–Kier alpha value is -1.47. The quantitative estimate of drug-likeness (QED) is 0.869. The van der Waals surface area contributed by atoms with Crippen molar-refractivity contribution in [3.05, 3.63) is 11.1 Å². The largest absolute Gasteiger partial charge is 0.342 e. The molecule has 3 heterocycles. The summed E-state index contributed by atoms with van der Waals surface area (Å²) >= 11 is 1.38. The second kappa shape index (κ2) is 7.19. The molecule has 3 rings (SSSR count). The third kappa shape index (κ3) is 3.95. The van der Waals surface area contributed by atoms with Crippen LogP contribution >= 0.6 is 11.3 Å². The Morgan fingerprint density at radius 2 is 2.12 bits per heavy atom. The highest BCUT2D eigenvalue weighted by Gasteiger charge is 2.38. The van der Waals surface area contributed by atoms with E-state index in [-0.39, 0.29) is 17.7 Å². The van der Waals surface area contributed by atoms with Gasteiger partial charge in [-0.05, 0) is 31.2 Å². The monoisotopic (exact) mass is 350 g/mol. The summed E-state index contributed by atoms with van der Waals surface area (Å²) in [5.74, 6) is 0.0151. The number of nitrogens with one attached hydrogen (secondary N) is 2. The first kappa shape index (κ1) is 17.4. The van der Waals surface area contributed by atoms with Crippen LogP contribution in [0.3, 0.4) is 0 Å². The minimum absolute atomic E-state index is 0.0475. The van der Waals surface area contributed by atoms with Gasteiger partial charge in [0.15, 0.2) is 5.13 Å². The van der Waals surface area contributed by atoms with Crippen molar-refractivity contribution in [1.29, 1.82) is 0 Å². The summed E-state index contributed by atoms with van der Waals surface area (Å²) in [4.78, 5) is 30.5. The van der Waals surface area contributed by atoms with Gasteiger partial charge in [-0.15, -0.1) is 11.3 Å². The van der Waals surface area contributed by atoms with Crippen LogP contribution in [0.4, 0.5) is 5.13 Å². The van der Waals surface area contributed by atoms with E-state index in [1.807, 2.05) is 24.1 Å². The van der Waals surface area contributed by atoms with Crippen molar-refractivity contribution in [3.63, 3.8) is 0 Å². The number of carbonyl (C=O) groups excluding carboxylic acids is 2. The minimum atomic E-state index is -0.0790. The Kier molecular flexibility index (Phi) is 5.20. The molecule has 2 aliphatic rings. The lowest BCUT2D eigenvalue weighted by Gasteiger charge is -2.38. The molecule has 0 aromatic carbocycles. The number of nitrogens with zero attached hydrogens (tertiary/aromatic N) is 2. The van der Waals surface area contributed by atoms with Gasteiger partial charge in [-0.25, -0.2) is 4.98 Å². The summed E-state index contributed by atoms with van der Waals surface area (Å²) in [6, 6.07) is 0. The van der Waals surface area contributed by atoms with Gasteiger partial charge in [0.1, 0.15) is 0 Å². The molecule has 1 aromatic rings. The van der Waals surface area contributed by atoms with E-state index in [4.69, 9.17) is 0 Å². The predicted molar refractivity (Wildman–Crippen MR) is 95.0 cm³/mol. The Morgan fingerprint density at radius 3 is 2.75 bits per heavy atom. The van der Waals surface area contributed by atoms with Gasteiger partial charge in [-0.3, -0.25) is 9.59 Å². The topological polar surface area (TPSA) is 74.3 Å². The van der Waals surface area contributed by atoms with Crippen LogP contribution < -0.4 is 10.6 Å². The van der Waals surface area contributed by atoms with Gasteiger partial charge < -0.3 is 15.5 Å². The standard InChI is InChI=1S/C17H26N4O2S/c1-12(2)15(23)20-16-19-13(10-24-16)9-14(22)21-7-4-17(5-8-21)3-6-18-11-17/h10,12,18H,3-9,11H2,1-2H3,(H,19,20,23). The first-order chi connectivity index (χ1) is 11.5. The molecule has 0 bridgehead atoms. The van der Waals surface area contributed by atoms with Gasteiger partial charge in [0.05, 0.1) is 12.1 Å². The number of hydrogen-bond donors (Lipinski definition) is 2. The molecule has 24 heavy (non-hydrogen) atoms. The van der Waals surface area contributed by atoms with Crippen LogP contribution in [0, 0.1) is 11.3 Å². The normalized spacial score (nSPS) is 19.9. The van der Waals surface area contributed by atoms with E-state index in [0.717, 1.165) is 44.7 Å². The fourth-order valence-corrected chi connectivity index (χ4v) is 4.13. The third-order valence-corrected chi connectivity index (χ3v) is 5.95. The number of likely N-dealkylation sites (tertiary alicyclic amines) is 1.